The molecular formula is C16H23NO4. The average Bonchev–Trinajstić information content (AvgIpc) is 2.40. The Labute approximate surface area is 125 Å². The van der Waals surface area contributed by atoms with Gasteiger partial charge in [0.1, 0.15) is 5.75 Å². The van der Waals surface area contributed by atoms with Crippen molar-refractivity contribution in [1.29, 1.82) is 0 Å². The summed E-state index contributed by atoms with van der Waals surface area (Å²) in [5, 5.41) is 11.6. The molecule has 0 heterocycles. The van der Waals surface area contributed by atoms with Gasteiger partial charge in [0.2, 0.25) is 5.91 Å². The molecule has 0 fully saturated rings. The first-order valence-corrected chi connectivity index (χ1v) is 7.11. The average molecular weight is 293 g/mol. The van der Waals surface area contributed by atoms with E-state index in [1.807, 2.05) is 32.0 Å². The topological polar surface area (TPSA) is 75.6 Å². The summed E-state index contributed by atoms with van der Waals surface area (Å²) < 4.78 is 5.23. The summed E-state index contributed by atoms with van der Waals surface area (Å²) in [5.41, 5.74) is 1.86. The number of ether oxygens (including phenoxy) is 1. The maximum absolute atomic E-state index is 12.0. The third-order valence-corrected chi connectivity index (χ3v) is 3.26. The van der Waals surface area contributed by atoms with E-state index in [2.05, 4.69) is 5.32 Å². The molecule has 0 saturated carbocycles. The molecule has 0 aromatic heterocycles. The Balaban J connectivity index is 2.65. The standard InChI is InChI=1S/C16H23NO4/c1-4-5-13(10-16(19)20)17-15(18)9-12-7-6-11(2)14(8-12)21-3/h6-8,13H,4-5,9-10H2,1-3H3,(H,17,18)(H,19,20). The lowest BCUT2D eigenvalue weighted by molar-refractivity contribution is -0.137. The summed E-state index contributed by atoms with van der Waals surface area (Å²) in [4.78, 5) is 22.8. The van der Waals surface area contributed by atoms with Crippen molar-refractivity contribution in [2.24, 2.45) is 0 Å². The van der Waals surface area contributed by atoms with Crippen LogP contribution in [-0.4, -0.2) is 30.1 Å². The Morgan fingerprint density at radius 3 is 2.67 bits per heavy atom. The van der Waals surface area contributed by atoms with Crippen molar-refractivity contribution >= 4 is 11.9 Å². The molecule has 0 aliphatic carbocycles. The summed E-state index contributed by atoms with van der Waals surface area (Å²) in [6.45, 7) is 3.90. The Hall–Kier alpha value is -2.04. The van der Waals surface area contributed by atoms with Crippen LogP contribution in [-0.2, 0) is 16.0 Å². The van der Waals surface area contributed by atoms with E-state index in [1.165, 1.54) is 0 Å². The van der Waals surface area contributed by atoms with Crippen LogP contribution in [0.5, 0.6) is 5.75 Å². The Bertz CT molecular complexity index is 499. The number of methoxy groups -OCH3 is 1. The van der Waals surface area contributed by atoms with E-state index in [0.717, 1.165) is 23.3 Å². The molecule has 0 spiro atoms. The second-order valence-electron chi connectivity index (χ2n) is 5.13. The molecule has 1 unspecified atom stereocenters. The molecule has 0 aliphatic rings. The minimum atomic E-state index is -0.897. The summed E-state index contributed by atoms with van der Waals surface area (Å²) >= 11 is 0. The van der Waals surface area contributed by atoms with Crippen molar-refractivity contribution in [3.8, 4) is 5.75 Å². The molecule has 0 radical (unpaired) electrons. The van der Waals surface area contributed by atoms with Crippen LogP contribution in [0.25, 0.3) is 0 Å². The number of aliphatic carboxylic acids is 1. The first-order valence-electron chi connectivity index (χ1n) is 7.11. The smallest absolute Gasteiger partial charge is 0.305 e. The highest BCUT2D eigenvalue weighted by Crippen LogP contribution is 2.19. The third-order valence-electron chi connectivity index (χ3n) is 3.26. The molecule has 21 heavy (non-hydrogen) atoms. The van der Waals surface area contributed by atoms with Gasteiger partial charge in [-0.2, -0.15) is 0 Å². The number of hydrogen-bond acceptors (Lipinski definition) is 3. The lowest BCUT2D eigenvalue weighted by Gasteiger charge is -2.16. The number of carboxylic acid groups (broad SMARTS) is 1. The first-order chi connectivity index (χ1) is 9.96. The monoisotopic (exact) mass is 293 g/mol. The number of carbonyl (C=O) groups excluding carboxylic acids is 1. The SMILES string of the molecule is CCCC(CC(=O)O)NC(=O)Cc1ccc(C)c(OC)c1. The minimum absolute atomic E-state index is 0.0448. The van der Waals surface area contributed by atoms with Crippen LogP contribution in [0.15, 0.2) is 18.2 Å². The van der Waals surface area contributed by atoms with Gasteiger partial charge < -0.3 is 15.2 Å². The summed E-state index contributed by atoms with van der Waals surface area (Å²) in [5.74, 6) is -0.317. The van der Waals surface area contributed by atoms with Gasteiger partial charge in [-0.1, -0.05) is 25.5 Å². The van der Waals surface area contributed by atoms with Crippen molar-refractivity contribution < 1.29 is 19.4 Å². The second kappa shape index (κ2) is 8.29. The second-order valence-corrected chi connectivity index (χ2v) is 5.13. The molecule has 1 amide bonds. The first kappa shape index (κ1) is 17.0. The van der Waals surface area contributed by atoms with Gasteiger partial charge in [-0.25, -0.2) is 0 Å². The molecule has 5 heteroatoms. The van der Waals surface area contributed by atoms with Crippen LogP contribution >= 0.6 is 0 Å². The minimum Gasteiger partial charge on any atom is -0.496 e. The molecule has 116 valence electrons. The lowest BCUT2D eigenvalue weighted by atomic mass is 10.1. The number of benzene rings is 1. The number of carbonyl (C=O) groups is 2. The highest BCUT2D eigenvalue weighted by molar-refractivity contribution is 5.79. The van der Waals surface area contributed by atoms with Gasteiger partial charge in [-0.05, 0) is 30.5 Å². The number of rotatable bonds is 8. The molecule has 0 bridgehead atoms. The highest BCUT2D eigenvalue weighted by atomic mass is 16.5. The molecular weight excluding hydrogens is 270 g/mol. The van der Waals surface area contributed by atoms with E-state index in [-0.39, 0.29) is 24.8 Å². The lowest BCUT2D eigenvalue weighted by Crippen LogP contribution is -2.37. The number of amides is 1. The predicted molar refractivity (Wildman–Crippen MR) is 80.5 cm³/mol. The summed E-state index contributed by atoms with van der Waals surface area (Å²) in [7, 11) is 1.59. The van der Waals surface area contributed by atoms with Crippen molar-refractivity contribution in [2.45, 2.75) is 45.6 Å². The fraction of sp³-hybridized carbons (Fsp3) is 0.500. The van der Waals surface area contributed by atoms with E-state index in [0.29, 0.717) is 6.42 Å². The quantitative estimate of drug-likeness (QED) is 0.771. The van der Waals surface area contributed by atoms with Crippen molar-refractivity contribution in [3.05, 3.63) is 29.3 Å². The van der Waals surface area contributed by atoms with Crippen molar-refractivity contribution in [1.82, 2.24) is 5.32 Å². The largest absolute Gasteiger partial charge is 0.496 e. The zero-order valence-electron chi connectivity index (χ0n) is 12.8. The molecule has 1 atom stereocenters. The van der Waals surface area contributed by atoms with Gasteiger partial charge >= 0.3 is 5.97 Å². The van der Waals surface area contributed by atoms with E-state index in [4.69, 9.17) is 9.84 Å². The van der Waals surface area contributed by atoms with E-state index in [9.17, 15) is 9.59 Å². The fourth-order valence-corrected chi connectivity index (χ4v) is 2.22. The van der Waals surface area contributed by atoms with Gasteiger partial charge in [-0.15, -0.1) is 0 Å². The van der Waals surface area contributed by atoms with Crippen molar-refractivity contribution in [2.75, 3.05) is 7.11 Å². The van der Waals surface area contributed by atoms with Crippen LogP contribution < -0.4 is 10.1 Å². The van der Waals surface area contributed by atoms with Crippen LogP contribution in [0.4, 0.5) is 0 Å². The van der Waals surface area contributed by atoms with Gasteiger partial charge in [0.15, 0.2) is 0 Å². The van der Waals surface area contributed by atoms with E-state index < -0.39 is 5.97 Å². The molecule has 1 rings (SSSR count). The Morgan fingerprint density at radius 2 is 2.10 bits per heavy atom. The maximum Gasteiger partial charge on any atom is 0.305 e. The molecule has 1 aromatic rings. The van der Waals surface area contributed by atoms with Gasteiger partial charge in [0.05, 0.1) is 20.0 Å². The molecule has 2 N–H and O–H groups in total. The maximum atomic E-state index is 12.0. The Kier molecular flexibility index (Phi) is 6.72. The highest BCUT2D eigenvalue weighted by Gasteiger charge is 2.15. The molecule has 1 aromatic carbocycles. The zero-order chi connectivity index (χ0) is 15.8. The number of nitrogens with one attached hydrogen (secondary N) is 1. The van der Waals surface area contributed by atoms with Gasteiger partial charge in [-0.3, -0.25) is 9.59 Å². The summed E-state index contributed by atoms with van der Waals surface area (Å²) in [6.07, 6.45) is 1.67. The van der Waals surface area contributed by atoms with E-state index >= 15 is 0 Å². The predicted octanol–water partition coefficient (Wildman–Crippen LogP) is 2.31. The fourth-order valence-electron chi connectivity index (χ4n) is 2.22. The van der Waals surface area contributed by atoms with E-state index in [1.54, 1.807) is 7.11 Å². The molecule has 5 nitrogen and oxygen atoms in total. The van der Waals surface area contributed by atoms with Crippen LogP contribution in [0.1, 0.15) is 37.3 Å². The third kappa shape index (κ3) is 5.85. The number of aryl methyl sites for hydroxylation is 1. The normalized spacial score (nSPS) is 11.8. The van der Waals surface area contributed by atoms with Crippen molar-refractivity contribution in [3.63, 3.8) is 0 Å². The number of carboxylic acids is 1. The molecule has 0 saturated heterocycles. The van der Waals surface area contributed by atoms with Crippen LogP contribution in [0.3, 0.4) is 0 Å². The van der Waals surface area contributed by atoms with Gasteiger partial charge in [0.25, 0.3) is 0 Å². The number of hydrogen-bond donors (Lipinski definition) is 2. The summed E-state index contributed by atoms with van der Waals surface area (Å²) in [6, 6.07) is 5.31. The van der Waals surface area contributed by atoms with Crippen LogP contribution in [0.2, 0.25) is 0 Å². The Morgan fingerprint density at radius 1 is 1.38 bits per heavy atom. The zero-order valence-corrected chi connectivity index (χ0v) is 12.8. The van der Waals surface area contributed by atoms with Gasteiger partial charge in [0, 0.05) is 6.04 Å². The molecule has 0 aliphatic heterocycles. The van der Waals surface area contributed by atoms with Crippen LogP contribution in [0, 0.1) is 6.92 Å².